The summed E-state index contributed by atoms with van der Waals surface area (Å²) < 4.78 is 17.9. The summed E-state index contributed by atoms with van der Waals surface area (Å²) in [6, 6.07) is 0. The van der Waals surface area contributed by atoms with Gasteiger partial charge in [0.25, 0.3) is 0 Å². The van der Waals surface area contributed by atoms with Gasteiger partial charge in [-0.25, -0.2) is 0 Å². The van der Waals surface area contributed by atoms with E-state index in [-0.39, 0.29) is 30.4 Å². The Labute approximate surface area is 138 Å². The fourth-order valence-corrected chi connectivity index (χ4v) is 4.09. The minimum atomic E-state index is -0.577. The Morgan fingerprint density at radius 1 is 1.30 bits per heavy atom. The smallest absolute Gasteiger partial charge is 0.314 e. The number of ether oxygens (including phenoxy) is 3. The SMILES string of the molecule is CC[C@H](O)CCCC[C@@H]1CC[C@@]2(C[C@@H]3OC(=O)C(C)(C)[C@@H]3O2)O1. The lowest BCUT2D eigenvalue weighted by atomic mass is 9.87. The van der Waals surface area contributed by atoms with E-state index in [1.807, 2.05) is 20.8 Å². The van der Waals surface area contributed by atoms with Crippen LogP contribution in [0, 0.1) is 5.41 Å². The summed E-state index contributed by atoms with van der Waals surface area (Å²) in [6.07, 6.45) is 7.10. The van der Waals surface area contributed by atoms with Gasteiger partial charge in [-0.3, -0.25) is 4.79 Å². The highest BCUT2D eigenvalue weighted by Crippen LogP contribution is 2.51. The van der Waals surface area contributed by atoms with Gasteiger partial charge < -0.3 is 19.3 Å². The molecule has 0 saturated carbocycles. The minimum Gasteiger partial charge on any atom is -0.459 e. The molecule has 0 amide bonds. The largest absolute Gasteiger partial charge is 0.459 e. The van der Waals surface area contributed by atoms with Gasteiger partial charge in [0.2, 0.25) is 0 Å². The fraction of sp³-hybridized carbons (Fsp3) is 0.944. The van der Waals surface area contributed by atoms with E-state index in [1.165, 1.54) is 0 Å². The molecule has 3 saturated heterocycles. The summed E-state index contributed by atoms with van der Waals surface area (Å²) in [5.74, 6) is -0.702. The van der Waals surface area contributed by atoms with Gasteiger partial charge in [-0.05, 0) is 39.5 Å². The predicted octanol–water partition coefficient (Wildman–Crippen LogP) is 2.93. The maximum atomic E-state index is 11.9. The highest BCUT2D eigenvalue weighted by atomic mass is 16.7. The molecule has 5 nitrogen and oxygen atoms in total. The molecule has 5 atom stereocenters. The zero-order chi connectivity index (χ0) is 16.7. The van der Waals surface area contributed by atoms with Crippen molar-refractivity contribution in [3.8, 4) is 0 Å². The van der Waals surface area contributed by atoms with Gasteiger partial charge in [-0.2, -0.15) is 0 Å². The van der Waals surface area contributed by atoms with Crippen molar-refractivity contribution >= 4 is 5.97 Å². The summed E-state index contributed by atoms with van der Waals surface area (Å²) in [7, 11) is 0. The van der Waals surface area contributed by atoms with Gasteiger partial charge in [0.05, 0.1) is 17.6 Å². The van der Waals surface area contributed by atoms with Crippen molar-refractivity contribution in [1.29, 1.82) is 0 Å². The number of aliphatic hydroxyl groups excluding tert-OH is 1. The number of aliphatic hydroxyl groups is 1. The number of hydrogen-bond donors (Lipinski definition) is 1. The normalized spacial score (nSPS) is 39.7. The number of esters is 1. The lowest BCUT2D eigenvalue weighted by Crippen LogP contribution is -2.37. The monoisotopic (exact) mass is 326 g/mol. The molecule has 5 heteroatoms. The first kappa shape index (κ1) is 17.2. The number of hydrogen-bond acceptors (Lipinski definition) is 5. The van der Waals surface area contributed by atoms with E-state index in [2.05, 4.69) is 0 Å². The van der Waals surface area contributed by atoms with Crippen molar-refractivity contribution < 1.29 is 24.1 Å². The van der Waals surface area contributed by atoms with Crippen molar-refractivity contribution in [1.82, 2.24) is 0 Å². The zero-order valence-corrected chi connectivity index (χ0v) is 14.5. The number of carbonyl (C=O) groups is 1. The molecule has 23 heavy (non-hydrogen) atoms. The molecule has 3 rings (SSSR count). The molecule has 3 heterocycles. The molecular formula is C18H30O5. The van der Waals surface area contributed by atoms with E-state index >= 15 is 0 Å². The van der Waals surface area contributed by atoms with Crippen LogP contribution < -0.4 is 0 Å². The van der Waals surface area contributed by atoms with Crippen LogP contribution in [0.15, 0.2) is 0 Å². The molecule has 0 radical (unpaired) electrons. The van der Waals surface area contributed by atoms with Crippen molar-refractivity contribution in [2.24, 2.45) is 5.41 Å². The second-order valence-corrected chi connectivity index (χ2v) is 7.94. The first-order chi connectivity index (χ1) is 10.9. The van der Waals surface area contributed by atoms with Crippen LogP contribution in [0.4, 0.5) is 0 Å². The first-order valence-electron chi connectivity index (χ1n) is 9.11. The highest BCUT2D eigenvalue weighted by Gasteiger charge is 2.63. The van der Waals surface area contributed by atoms with Crippen LogP contribution in [-0.2, 0) is 19.0 Å². The van der Waals surface area contributed by atoms with Gasteiger partial charge in [0.1, 0.15) is 12.2 Å². The molecule has 3 aliphatic rings. The second kappa shape index (κ2) is 6.34. The van der Waals surface area contributed by atoms with Crippen molar-refractivity contribution in [2.75, 3.05) is 0 Å². The predicted molar refractivity (Wildman–Crippen MR) is 84.8 cm³/mol. The molecule has 1 N–H and O–H groups in total. The molecule has 132 valence electrons. The van der Waals surface area contributed by atoms with E-state index < -0.39 is 11.2 Å². The van der Waals surface area contributed by atoms with Crippen LogP contribution in [0.5, 0.6) is 0 Å². The van der Waals surface area contributed by atoms with Gasteiger partial charge in [0, 0.05) is 12.8 Å². The molecule has 0 unspecified atom stereocenters. The van der Waals surface area contributed by atoms with E-state index in [0.717, 1.165) is 44.9 Å². The summed E-state index contributed by atoms with van der Waals surface area (Å²) in [4.78, 5) is 11.9. The van der Waals surface area contributed by atoms with E-state index in [9.17, 15) is 9.90 Å². The number of rotatable bonds is 6. The summed E-state index contributed by atoms with van der Waals surface area (Å²) in [5, 5.41) is 9.59. The molecule has 3 fully saturated rings. The Bertz CT molecular complexity index is 449. The van der Waals surface area contributed by atoms with E-state index in [1.54, 1.807) is 0 Å². The third-order valence-electron chi connectivity index (χ3n) is 5.70. The highest BCUT2D eigenvalue weighted by molar-refractivity contribution is 5.79. The number of fused-ring (bicyclic) bond motifs is 1. The van der Waals surface area contributed by atoms with Gasteiger partial charge >= 0.3 is 5.97 Å². The molecule has 0 aromatic heterocycles. The van der Waals surface area contributed by atoms with Crippen LogP contribution in [0.1, 0.15) is 72.1 Å². The summed E-state index contributed by atoms with van der Waals surface area (Å²) in [6.45, 7) is 5.80. The second-order valence-electron chi connectivity index (χ2n) is 7.94. The van der Waals surface area contributed by atoms with Gasteiger partial charge in [0.15, 0.2) is 5.79 Å². The quantitative estimate of drug-likeness (QED) is 0.600. The summed E-state index contributed by atoms with van der Waals surface area (Å²) in [5.41, 5.74) is -0.577. The van der Waals surface area contributed by atoms with Crippen molar-refractivity contribution in [2.45, 2.75) is 102 Å². The third-order valence-corrected chi connectivity index (χ3v) is 5.70. The molecule has 1 spiro atoms. The Morgan fingerprint density at radius 2 is 2.09 bits per heavy atom. The van der Waals surface area contributed by atoms with Crippen LogP contribution in [-0.4, -0.2) is 41.3 Å². The Balaban J connectivity index is 1.46. The maximum Gasteiger partial charge on any atom is 0.314 e. The standard InChI is InChI=1S/C18H30O5/c1-4-12(19)7-5-6-8-13-9-10-18(22-13)11-14-15(23-18)17(2,3)16(20)21-14/h12-15,19H,4-11H2,1-3H3/t12-,13+,14-,15+,18+/m0/s1. The lowest BCUT2D eigenvalue weighted by Gasteiger charge is -2.28. The molecule has 0 aliphatic carbocycles. The Hall–Kier alpha value is -0.650. The average molecular weight is 326 g/mol. The number of unbranched alkanes of at least 4 members (excludes halogenated alkanes) is 1. The van der Waals surface area contributed by atoms with Crippen LogP contribution in [0.25, 0.3) is 0 Å². The van der Waals surface area contributed by atoms with Gasteiger partial charge in [-0.15, -0.1) is 0 Å². The molecule has 0 aromatic carbocycles. The minimum absolute atomic E-state index is 0.157. The van der Waals surface area contributed by atoms with E-state index in [4.69, 9.17) is 14.2 Å². The summed E-state index contributed by atoms with van der Waals surface area (Å²) >= 11 is 0. The molecule has 0 bridgehead atoms. The zero-order valence-electron chi connectivity index (χ0n) is 14.5. The van der Waals surface area contributed by atoms with Crippen molar-refractivity contribution in [3.05, 3.63) is 0 Å². The molecular weight excluding hydrogens is 296 g/mol. The molecule has 3 aliphatic heterocycles. The van der Waals surface area contributed by atoms with Gasteiger partial charge in [-0.1, -0.05) is 19.8 Å². The molecule has 0 aromatic rings. The number of carbonyl (C=O) groups excluding carboxylic acids is 1. The fourth-order valence-electron chi connectivity index (χ4n) is 4.09. The topological polar surface area (TPSA) is 65.0 Å². The Morgan fingerprint density at radius 3 is 2.78 bits per heavy atom. The maximum absolute atomic E-state index is 11.9. The lowest BCUT2D eigenvalue weighted by molar-refractivity contribution is -0.228. The van der Waals surface area contributed by atoms with Crippen LogP contribution in [0.2, 0.25) is 0 Å². The first-order valence-corrected chi connectivity index (χ1v) is 9.11. The Kier molecular flexibility index (Phi) is 4.73. The third kappa shape index (κ3) is 3.28. The van der Waals surface area contributed by atoms with Crippen LogP contribution in [0.3, 0.4) is 0 Å². The van der Waals surface area contributed by atoms with Crippen molar-refractivity contribution in [3.63, 3.8) is 0 Å². The van der Waals surface area contributed by atoms with E-state index in [0.29, 0.717) is 6.42 Å². The average Bonchev–Trinajstić information content (AvgIpc) is 3.13. The van der Waals surface area contributed by atoms with Crippen LogP contribution >= 0.6 is 0 Å².